The van der Waals surface area contributed by atoms with Crippen LogP contribution in [0, 0.1) is 6.92 Å². The first-order chi connectivity index (χ1) is 9.63. The second-order valence-electron chi connectivity index (χ2n) is 4.28. The van der Waals surface area contributed by atoms with Gasteiger partial charge >= 0.3 is 5.97 Å². The maximum absolute atomic E-state index is 11.1. The number of ether oxygens (including phenoxy) is 2. The van der Waals surface area contributed by atoms with E-state index in [1.807, 2.05) is 31.2 Å². The third kappa shape index (κ3) is 3.18. The summed E-state index contributed by atoms with van der Waals surface area (Å²) in [6.07, 6.45) is 0. The number of aromatic carboxylic acids is 1. The lowest BCUT2D eigenvalue weighted by Crippen LogP contribution is -2.04. The van der Waals surface area contributed by atoms with Gasteiger partial charge in [-0.3, -0.25) is 0 Å². The van der Waals surface area contributed by atoms with Gasteiger partial charge in [-0.2, -0.15) is 0 Å². The van der Waals surface area contributed by atoms with E-state index >= 15 is 0 Å². The fraction of sp³-hybridized carbons (Fsp3) is 0.267. The first-order valence-electron chi connectivity index (χ1n) is 6.17. The lowest BCUT2D eigenvalue weighted by molar-refractivity contribution is 0.0697. The van der Waals surface area contributed by atoms with E-state index < -0.39 is 5.97 Å². The molecule has 0 bridgehead atoms. The van der Waals surface area contributed by atoms with Crippen molar-refractivity contribution >= 4 is 17.3 Å². The highest BCUT2D eigenvalue weighted by atomic mass is 32.1. The first kappa shape index (κ1) is 14.6. The average Bonchev–Trinajstić information content (AvgIpc) is 2.81. The predicted molar refractivity (Wildman–Crippen MR) is 78.8 cm³/mol. The Balaban J connectivity index is 2.24. The number of carboxylic acid groups (broad SMARTS) is 1. The van der Waals surface area contributed by atoms with E-state index in [4.69, 9.17) is 14.6 Å². The van der Waals surface area contributed by atoms with E-state index in [0.717, 1.165) is 21.8 Å². The van der Waals surface area contributed by atoms with Crippen molar-refractivity contribution in [1.82, 2.24) is 0 Å². The summed E-state index contributed by atoms with van der Waals surface area (Å²) in [5.41, 5.74) is 2.11. The largest absolute Gasteiger partial charge is 0.491 e. The van der Waals surface area contributed by atoms with E-state index in [2.05, 4.69) is 0 Å². The molecule has 106 valence electrons. The normalized spacial score (nSPS) is 10.5. The second kappa shape index (κ2) is 6.54. The Bertz CT molecular complexity index is 604. The molecule has 0 aliphatic carbocycles. The topological polar surface area (TPSA) is 55.8 Å². The number of carboxylic acids is 1. The highest BCUT2D eigenvalue weighted by molar-refractivity contribution is 7.14. The van der Waals surface area contributed by atoms with Gasteiger partial charge in [-0.25, -0.2) is 4.79 Å². The van der Waals surface area contributed by atoms with Crippen LogP contribution in [0.5, 0.6) is 5.75 Å². The molecule has 20 heavy (non-hydrogen) atoms. The predicted octanol–water partition coefficient (Wildman–Crippen LogP) is 3.45. The van der Waals surface area contributed by atoms with Crippen LogP contribution in [0.15, 0.2) is 29.6 Å². The average molecular weight is 292 g/mol. The van der Waals surface area contributed by atoms with E-state index in [9.17, 15) is 4.79 Å². The van der Waals surface area contributed by atoms with Crippen LogP contribution in [0.2, 0.25) is 0 Å². The van der Waals surface area contributed by atoms with Crippen LogP contribution >= 0.6 is 11.3 Å². The second-order valence-corrected chi connectivity index (χ2v) is 5.16. The number of methoxy groups -OCH3 is 1. The Morgan fingerprint density at radius 2 is 2.15 bits per heavy atom. The minimum Gasteiger partial charge on any atom is -0.491 e. The number of benzene rings is 1. The number of thiophene rings is 1. The summed E-state index contributed by atoms with van der Waals surface area (Å²) in [6.45, 7) is 2.85. The van der Waals surface area contributed by atoms with Crippen molar-refractivity contribution in [3.8, 4) is 16.2 Å². The number of hydrogen-bond donors (Lipinski definition) is 1. The molecule has 0 aliphatic heterocycles. The Labute approximate surface area is 121 Å². The van der Waals surface area contributed by atoms with E-state index in [-0.39, 0.29) is 0 Å². The maximum Gasteiger partial charge on any atom is 0.336 e. The van der Waals surface area contributed by atoms with Crippen LogP contribution in [0.3, 0.4) is 0 Å². The lowest BCUT2D eigenvalue weighted by Gasteiger charge is -2.07. The fourth-order valence-electron chi connectivity index (χ4n) is 1.88. The fourth-order valence-corrected chi connectivity index (χ4v) is 2.95. The van der Waals surface area contributed by atoms with Crippen molar-refractivity contribution in [1.29, 1.82) is 0 Å². The van der Waals surface area contributed by atoms with Gasteiger partial charge in [0.25, 0.3) is 0 Å². The summed E-state index contributed by atoms with van der Waals surface area (Å²) in [6, 6.07) is 7.64. The van der Waals surface area contributed by atoms with Crippen LogP contribution in [-0.2, 0) is 4.74 Å². The molecule has 0 spiro atoms. The Morgan fingerprint density at radius 3 is 2.80 bits per heavy atom. The third-order valence-electron chi connectivity index (χ3n) is 2.92. The summed E-state index contributed by atoms with van der Waals surface area (Å²) < 4.78 is 10.5. The number of hydrogen-bond acceptors (Lipinski definition) is 4. The smallest absolute Gasteiger partial charge is 0.336 e. The minimum atomic E-state index is -0.891. The maximum atomic E-state index is 11.1. The van der Waals surface area contributed by atoms with Gasteiger partial charge in [0.2, 0.25) is 0 Å². The molecule has 1 heterocycles. The van der Waals surface area contributed by atoms with Gasteiger partial charge < -0.3 is 14.6 Å². The summed E-state index contributed by atoms with van der Waals surface area (Å²) in [4.78, 5) is 12.0. The Kier molecular flexibility index (Phi) is 4.76. The monoisotopic (exact) mass is 292 g/mol. The van der Waals surface area contributed by atoms with Crippen LogP contribution in [0.25, 0.3) is 10.4 Å². The molecule has 2 rings (SSSR count). The van der Waals surface area contributed by atoms with Crippen molar-refractivity contribution in [2.24, 2.45) is 0 Å². The summed E-state index contributed by atoms with van der Waals surface area (Å²) in [5, 5.41) is 10.8. The van der Waals surface area contributed by atoms with Gasteiger partial charge in [0.05, 0.1) is 12.2 Å². The van der Waals surface area contributed by atoms with Gasteiger partial charge in [-0.1, -0.05) is 12.1 Å². The van der Waals surface area contributed by atoms with Crippen LogP contribution < -0.4 is 4.74 Å². The standard InChI is InChI=1S/C15H16O4S/c1-10-13(15(16)17)9-20-14(10)11-4-3-5-12(8-11)19-7-6-18-2/h3-5,8-9H,6-7H2,1-2H3,(H,16,17). The molecule has 5 heteroatoms. The SMILES string of the molecule is COCCOc1cccc(-c2scc(C(=O)O)c2C)c1. The highest BCUT2D eigenvalue weighted by Crippen LogP contribution is 2.33. The number of carbonyl (C=O) groups is 1. The van der Waals surface area contributed by atoms with Gasteiger partial charge in [-0.15, -0.1) is 11.3 Å². The molecule has 0 amide bonds. The molecule has 0 radical (unpaired) electrons. The van der Waals surface area contributed by atoms with Crippen molar-refractivity contribution in [2.45, 2.75) is 6.92 Å². The highest BCUT2D eigenvalue weighted by Gasteiger charge is 2.14. The molecule has 1 aromatic heterocycles. The van der Waals surface area contributed by atoms with Crippen molar-refractivity contribution in [3.05, 3.63) is 40.8 Å². The van der Waals surface area contributed by atoms with Gasteiger partial charge in [0, 0.05) is 17.4 Å². The molecule has 2 aromatic rings. The molecule has 4 nitrogen and oxygen atoms in total. The molecular formula is C15H16O4S. The van der Waals surface area contributed by atoms with Gasteiger partial charge in [0.15, 0.2) is 0 Å². The molecule has 0 fully saturated rings. The van der Waals surface area contributed by atoms with E-state index in [0.29, 0.717) is 18.8 Å². The van der Waals surface area contributed by atoms with Gasteiger partial charge in [-0.05, 0) is 30.2 Å². The zero-order valence-corrected chi connectivity index (χ0v) is 12.2. The summed E-state index contributed by atoms with van der Waals surface area (Å²) in [5.74, 6) is -0.137. The lowest BCUT2D eigenvalue weighted by atomic mass is 10.1. The third-order valence-corrected chi connectivity index (χ3v) is 4.05. The van der Waals surface area contributed by atoms with E-state index in [1.165, 1.54) is 11.3 Å². The molecule has 1 aromatic carbocycles. The zero-order chi connectivity index (χ0) is 14.5. The molecule has 0 aliphatic rings. The first-order valence-corrected chi connectivity index (χ1v) is 7.05. The number of rotatable bonds is 6. The summed E-state index contributed by atoms with van der Waals surface area (Å²) >= 11 is 1.43. The molecule has 0 saturated carbocycles. The van der Waals surface area contributed by atoms with Crippen molar-refractivity contribution < 1.29 is 19.4 Å². The zero-order valence-electron chi connectivity index (χ0n) is 11.4. The summed E-state index contributed by atoms with van der Waals surface area (Å²) in [7, 11) is 1.63. The Hall–Kier alpha value is -1.85. The molecule has 0 unspecified atom stereocenters. The van der Waals surface area contributed by atoms with Crippen LogP contribution in [0.4, 0.5) is 0 Å². The Morgan fingerprint density at radius 1 is 1.35 bits per heavy atom. The molecule has 0 saturated heterocycles. The quantitative estimate of drug-likeness (QED) is 0.829. The van der Waals surface area contributed by atoms with Gasteiger partial charge in [0.1, 0.15) is 12.4 Å². The molecule has 1 N–H and O–H groups in total. The minimum absolute atomic E-state index is 0.357. The molecule has 0 atom stereocenters. The van der Waals surface area contributed by atoms with Crippen LogP contribution in [0.1, 0.15) is 15.9 Å². The van der Waals surface area contributed by atoms with Crippen molar-refractivity contribution in [2.75, 3.05) is 20.3 Å². The molecular weight excluding hydrogens is 276 g/mol. The van der Waals surface area contributed by atoms with Crippen LogP contribution in [-0.4, -0.2) is 31.4 Å². The van der Waals surface area contributed by atoms with Crippen molar-refractivity contribution in [3.63, 3.8) is 0 Å². The van der Waals surface area contributed by atoms with E-state index in [1.54, 1.807) is 12.5 Å².